The minimum Gasteiger partial charge on any atom is -0.272 e. The van der Waals surface area contributed by atoms with Crippen molar-refractivity contribution >= 4 is 22.8 Å². The lowest BCUT2D eigenvalue weighted by Gasteiger charge is -2.39. The fraction of sp³-hybridized carbons (Fsp3) is 0.632. The molecule has 0 bridgehead atoms. The lowest BCUT2D eigenvalue weighted by Crippen LogP contribution is -2.33. The molecule has 0 heterocycles. The zero-order valence-corrected chi connectivity index (χ0v) is 16.4. The van der Waals surface area contributed by atoms with Gasteiger partial charge in [0, 0.05) is 11.8 Å². The van der Waals surface area contributed by atoms with Gasteiger partial charge >= 0.3 is 5.69 Å². The summed E-state index contributed by atoms with van der Waals surface area (Å²) in [6.07, 6.45) is 5.33. The molecule has 2 unspecified atom stereocenters. The van der Waals surface area contributed by atoms with Crippen molar-refractivity contribution in [1.82, 2.24) is 0 Å². The number of nitrogens with one attached hydrogen (secondary N) is 1. The van der Waals surface area contributed by atoms with Crippen molar-refractivity contribution in [1.29, 1.82) is 0 Å². The molecule has 1 aromatic rings. The van der Waals surface area contributed by atoms with E-state index in [-0.39, 0.29) is 17.1 Å². The molecule has 1 aromatic carbocycles. The molecule has 8 heteroatoms. The van der Waals surface area contributed by atoms with Gasteiger partial charge in [-0.1, -0.05) is 34.1 Å². The average Bonchev–Trinajstić information content (AvgIpc) is 2.60. The monoisotopic (exact) mass is 376 g/mol. The molecule has 148 valence electrons. The predicted octanol–water partition coefficient (Wildman–Crippen LogP) is 5.53. The number of nitrogens with zero attached hydrogens (tertiary/aromatic N) is 3. The van der Waals surface area contributed by atoms with Gasteiger partial charge in [-0.15, -0.1) is 0 Å². The Hall–Kier alpha value is -2.51. The van der Waals surface area contributed by atoms with E-state index in [0.717, 1.165) is 31.0 Å². The molecule has 0 aromatic heterocycles. The van der Waals surface area contributed by atoms with Crippen LogP contribution < -0.4 is 5.43 Å². The zero-order chi connectivity index (χ0) is 20.2. The van der Waals surface area contributed by atoms with Crippen molar-refractivity contribution in [3.8, 4) is 0 Å². The summed E-state index contributed by atoms with van der Waals surface area (Å²) in [4.78, 5) is 20.8. The maximum atomic E-state index is 11.2. The highest BCUT2D eigenvalue weighted by Gasteiger charge is 2.34. The van der Waals surface area contributed by atoms with E-state index in [1.165, 1.54) is 25.0 Å². The SMILES string of the molecule is CCCC(C)(C)C1CCC(=NNc2ccc([N+](=O)[O-])cc2[N+](=O)[O-])C(C)C1. The number of non-ortho nitro benzene ring substituents is 1. The van der Waals surface area contributed by atoms with Gasteiger partial charge in [-0.2, -0.15) is 5.10 Å². The van der Waals surface area contributed by atoms with E-state index >= 15 is 0 Å². The van der Waals surface area contributed by atoms with Crippen LogP contribution in [0.1, 0.15) is 59.8 Å². The normalized spacial score (nSPS) is 21.9. The van der Waals surface area contributed by atoms with Crippen molar-refractivity contribution < 1.29 is 9.85 Å². The summed E-state index contributed by atoms with van der Waals surface area (Å²) >= 11 is 0. The van der Waals surface area contributed by atoms with Gasteiger partial charge in [0.25, 0.3) is 5.69 Å². The molecule has 1 saturated carbocycles. The lowest BCUT2D eigenvalue weighted by molar-refractivity contribution is -0.393. The second-order valence-corrected chi connectivity index (χ2v) is 8.04. The second-order valence-electron chi connectivity index (χ2n) is 8.04. The fourth-order valence-corrected chi connectivity index (χ4v) is 3.98. The van der Waals surface area contributed by atoms with Gasteiger partial charge in [0.1, 0.15) is 5.69 Å². The van der Waals surface area contributed by atoms with Crippen molar-refractivity contribution in [2.45, 2.75) is 59.8 Å². The Balaban J connectivity index is 2.13. The zero-order valence-electron chi connectivity index (χ0n) is 16.4. The Labute approximate surface area is 159 Å². The molecule has 0 saturated heterocycles. The summed E-state index contributed by atoms with van der Waals surface area (Å²) in [6.45, 7) is 9.00. The first-order chi connectivity index (χ1) is 12.7. The Morgan fingerprint density at radius 3 is 2.52 bits per heavy atom. The fourth-order valence-electron chi connectivity index (χ4n) is 3.98. The molecule has 8 nitrogen and oxygen atoms in total. The van der Waals surface area contributed by atoms with Crippen LogP contribution in [-0.2, 0) is 0 Å². The van der Waals surface area contributed by atoms with Crippen LogP contribution in [-0.4, -0.2) is 15.6 Å². The molecule has 27 heavy (non-hydrogen) atoms. The average molecular weight is 376 g/mol. The largest absolute Gasteiger partial charge is 0.301 e. The molecular weight excluding hydrogens is 348 g/mol. The van der Waals surface area contributed by atoms with E-state index < -0.39 is 9.85 Å². The highest BCUT2D eigenvalue weighted by molar-refractivity contribution is 5.88. The number of nitro groups is 2. The van der Waals surface area contributed by atoms with Crippen LogP contribution in [0.25, 0.3) is 0 Å². The van der Waals surface area contributed by atoms with Crippen molar-refractivity contribution in [3.05, 3.63) is 38.4 Å². The Morgan fingerprint density at radius 2 is 1.96 bits per heavy atom. The van der Waals surface area contributed by atoms with Crippen LogP contribution in [0.15, 0.2) is 23.3 Å². The molecule has 1 fully saturated rings. The Bertz CT molecular complexity index is 745. The Kier molecular flexibility index (Phi) is 6.51. The lowest BCUT2D eigenvalue weighted by atomic mass is 9.66. The number of benzene rings is 1. The summed E-state index contributed by atoms with van der Waals surface area (Å²) < 4.78 is 0. The van der Waals surface area contributed by atoms with Gasteiger partial charge in [0.05, 0.1) is 15.9 Å². The van der Waals surface area contributed by atoms with E-state index in [2.05, 4.69) is 38.2 Å². The quantitative estimate of drug-likeness (QED) is 0.496. The van der Waals surface area contributed by atoms with Crippen LogP contribution in [0.2, 0.25) is 0 Å². The number of anilines is 1. The first kappa shape index (κ1) is 20.8. The Morgan fingerprint density at radius 1 is 1.26 bits per heavy atom. The molecule has 0 radical (unpaired) electrons. The van der Waals surface area contributed by atoms with Gasteiger partial charge in [-0.25, -0.2) is 0 Å². The van der Waals surface area contributed by atoms with Gasteiger partial charge < -0.3 is 0 Å². The molecule has 2 rings (SSSR count). The molecular formula is C19H28N4O4. The van der Waals surface area contributed by atoms with Crippen LogP contribution in [0.4, 0.5) is 17.1 Å². The van der Waals surface area contributed by atoms with E-state index in [9.17, 15) is 20.2 Å². The highest BCUT2D eigenvalue weighted by atomic mass is 16.6. The van der Waals surface area contributed by atoms with Gasteiger partial charge in [0.2, 0.25) is 0 Å². The van der Waals surface area contributed by atoms with Crippen LogP contribution in [0.3, 0.4) is 0 Å². The van der Waals surface area contributed by atoms with Gasteiger partial charge in [-0.3, -0.25) is 25.7 Å². The van der Waals surface area contributed by atoms with E-state index in [1.54, 1.807) is 0 Å². The molecule has 0 aliphatic heterocycles. The van der Waals surface area contributed by atoms with Gasteiger partial charge in [0.15, 0.2) is 0 Å². The number of hydrogen-bond acceptors (Lipinski definition) is 6. The highest BCUT2D eigenvalue weighted by Crippen LogP contribution is 2.42. The minimum atomic E-state index is -0.649. The summed E-state index contributed by atoms with van der Waals surface area (Å²) in [5.41, 5.74) is 3.56. The van der Waals surface area contributed by atoms with Crippen molar-refractivity contribution in [3.63, 3.8) is 0 Å². The third-order valence-electron chi connectivity index (χ3n) is 5.66. The van der Waals surface area contributed by atoms with E-state index in [0.29, 0.717) is 17.3 Å². The third kappa shape index (κ3) is 5.02. The molecule has 2 atom stereocenters. The molecule has 0 amide bonds. The topological polar surface area (TPSA) is 111 Å². The predicted molar refractivity (Wildman–Crippen MR) is 106 cm³/mol. The van der Waals surface area contributed by atoms with Crippen LogP contribution in [0, 0.1) is 37.5 Å². The van der Waals surface area contributed by atoms with Crippen molar-refractivity contribution in [2.75, 3.05) is 5.43 Å². The van der Waals surface area contributed by atoms with Crippen LogP contribution >= 0.6 is 0 Å². The summed E-state index contributed by atoms with van der Waals surface area (Å²) in [5.74, 6) is 0.935. The standard InChI is InChI=1S/C19H28N4O4/c1-5-10-19(3,4)14-6-8-16(13(2)11-14)20-21-17-9-7-15(22(24)25)12-18(17)23(26)27/h7,9,12-14,21H,5-6,8,10-11H2,1-4H3. The first-order valence-corrected chi connectivity index (χ1v) is 9.41. The summed E-state index contributed by atoms with van der Waals surface area (Å²) in [7, 11) is 0. The van der Waals surface area contributed by atoms with Gasteiger partial charge in [-0.05, 0) is 49.0 Å². The smallest absolute Gasteiger partial charge is 0.272 e. The van der Waals surface area contributed by atoms with Crippen molar-refractivity contribution in [2.24, 2.45) is 22.4 Å². The number of rotatable bonds is 7. The van der Waals surface area contributed by atoms with E-state index in [4.69, 9.17) is 0 Å². The molecule has 1 aliphatic rings. The summed E-state index contributed by atoms with van der Waals surface area (Å²) in [6, 6.07) is 3.53. The maximum Gasteiger partial charge on any atom is 0.301 e. The minimum absolute atomic E-state index is 0.165. The second kappa shape index (κ2) is 8.45. The first-order valence-electron chi connectivity index (χ1n) is 9.41. The molecule has 0 spiro atoms. The van der Waals surface area contributed by atoms with E-state index in [1.807, 2.05) is 0 Å². The molecule has 1 N–H and O–H groups in total. The number of hydrogen-bond donors (Lipinski definition) is 1. The number of hydrazone groups is 1. The van der Waals surface area contributed by atoms with Crippen LogP contribution in [0.5, 0.6) is 0 Å². The maximum absolute atomic E-state index is 11.2. The summed E-state index contributed by atoms with van der Waals surface area (Å²) in [5, 5.41) is 26.5. The number of nitro benzene ring substituents is 2. The molecule has 1 aliphatic carbocycles. The third-order valence-corrected chi connectivity index (χ3v) is 5.66.